The van der Waals surface area contributed by atoms with Crippen LogP contribution in [-0.4, -0.2) is 19.3 Å². The molecule has 0 bridgehead atoms. The van der Waals surface area contributed by atoms with Gasteiger partial charge in [0, 0.05) is 5.75 Å². The Kier molecular flexibility index (Phi) is 7.43. The lowest BCUT2D eigenvalue weighted by atomic mass is 9.77. The third-order valence-electron chi connectivity index (χ3n) is 2.40. The predicted octanol–water partition coefficient (Wildman–Crippen LogP) is 5.74. The summed E-state index contributed by atoms with van der Waals surface area (Å²) < 4.78 is 0.153. The van der Waals surface area contributed by atoms with E-state index in [0.717, 1.165) is 15.7 Å². The van der Waals surface area contributed by atoms with E-state index >= 15 is 0 Å². The Balaban J connectivity index is 4.34. The molecule has 1 nitrogen and oxygen atoms in total. The molecule has 0 N–H and O–H groups in total. The van der Waals surface area contributed by atoms with Gasteiger partial charge in [-0.15, -0.1) is 11.8 Å². The average Bonchev–Trinajstić information content (AvgIpc) is 2.10. The maximum absolute atomic E-state index is 11.3. The van der Waals surface area contributed by atoms with Crippen molar-refractivity contribution in [3.05, 3.63) is 0 Å². The highest BCUT2D eigenvalue weighted by Gasteiger charge is 2.30. The maximum atomic E-state index is 11.3. The van der Waals surface area contributed by atoms with Crippen molar-refractivity contribution >= 4 is 56.1 Å². The molecule has 0 radical (unpaired) electrons. The van der Waals surface area contributed by atoms with Crippen LogP contribution in [0.3, 0.4) is 0 Å². The van der Waals surface area contributed by atoms with Crippen LogP contribution in [0.15, 0.2) is 0 Å². The minimum absolute atomic E-state index is 0.225. The number of thioether (sulfide) groups is 2. The van der Waals surface area contributed by atoms with Gasteiger partial charge in [0.2, 0.25) is 5.24 Å². The van der Waals surface area contributed by atoms with Crippen molar-refractivity contribution in [2.45, 2.75) is 59.6 Å². The first-order valence-corrected chi connectivity index (χ1v) is 8.90. The molecule has 0 saturated carbocycles. The van der Waals surface area contributed by atoms with E-state index in [4.69, 9.17) is 23.8 Å². The normalized spacial score (nSPS) is 13.5. The lowest BCUT2D eigenvalue weighted by molar-refractivity contribution is -0.113. The van der Waals surface area contributed by atoms with Crippen LogP contribution in [-0.2, 0) is 4.79 Å². The molecule has 0 saturated heterocycles. The van der Waals surface area contributed by atoms with Crippen LogP contribution in [0, 0.1) is 10.8 Å². The van der Waals surface area contributed by atoms with Gasteiger partial charge in [-0.25, -0.2) is 0 Å². The Morgan fingerprint density at radius 3 is 1.95 bits per heavy atom. The molecule has 5 heteroatoms. The summed E-state index contributed by atoms with van der Waals surface area (Å²) in [7, 11) is 0. The second-order valence-electron chi connectivity index (χ2n) is 7.33. The highest BCUT2D eigenvalue weighted by atomic mass is 35.5. The van der Waals surface area contributed by atoms with Crippen molar-refractivity contribution in [1.82, 2.24) is 0 Å². The molecule has 0 aliphatic rings. The Labute approximate surface area is 137 Å². The number of rotatable bonds is 5. The molecule has 0 aromatic rings. The third-order valence-corrected chi connectivity index (χ3v) is 6.22. The average molecular weight is 341 g/mol. The zero-order valence-corrected chi connectivity index (χ0v) is 16.1. The smallest absolute Gasteiger partial charge is 0.237 e. The minimum Gasteiger partial charge on any atom is -0.280 e. The Morgan fingerprint density at radius 2 is 1.58 bits per heavy atom. The summed E-state index contributed by atoms with van der Waals surface area (Å²) in [6.07, 6.45) is 1.14. The zero-order valence-electron chi connectivity index (χ0n) is 12.9. The molecular formula is C14H25ClOS3. The largest absolute Gasteiger partial charge is 0.280 e. The van der Waals surface area contributed by atoms with E-state index in [0.29, 0.717) is 5.41 Å². The van der Waals surface area contributed by atoms with Gasteiger partial charge in [0.05, 0.1) is 4.75 Å². The molecule has 0 unspecified atom stereocenters. The minimum atomic E-state index is -0.639. The van der Waals surface area contributed by atoms with Crippen molar-refractivity contribution in [2.24, 2.45) is 10.8 Å². The van der Waals surface area contributed by atoms with Crippen molar-refractivity contribution in [3.63, 3.8) is 0 Å². The first kappa shape index (κ1) is 19.8. The summed E-state index contributed by atoms with van der Waals surface area (Å²) in [5, 5.41) is -0.352. The van der Waals surface area contributed by atoms with Gasteiger partial charge in [0.1, 0.15) is 3.53 Å². The quantitative estimate of drug-likeness (QED) is 0.468. The Bertz CT molecular complexity index is 343. The monoisotopic (exact) mass is 340 g/mol. The van der Waals surface area contributed by atoms with E-state index in [2.05, 4.69) is 34.6 Å². The highest BCUT2D eigenvalue weighted by molar-refractivity contribution is 8.47. The number of thiocarbonyl (C=S) groups is 1. The van der Waals surface area contributed by atoms with E-state index in [9.17, 15) is 4.79 Å². The van der Waals surface area contributed by atoms with Crippen molar-refractivity contribution in [2.75, 3.05) is 5.75 Å². The molecule has 0 aromatic carbocycles. The fraction of sp³-hybridized carbons (Fsp3) is 0.857. The topological polar surface area (TPSA) is 17.1 Å². The first-order valence-electron chi connectivity index (χ1n) is 6.31. The predicted molar refractivity (Wildman–Crippen MR) is 95.4 cm³/mol. The van der Waals surface area contributed by atoms with Gasteiger partial charge < -0.3 is 0 Å². The second kappa shape index (κ2) is 7.15. The van der Waals surface area contributed by atoms with Crippen molar-refractivity contribution in [1.29, 1.82) is 0 Å². The summed E-state index contributed by atoms with van der Waals surface area (Å²) in [6.45, 7) is 14.9. The number of hydrogen-bond acceptors (Lipinski definition) is 4. The summed E-state index contributed by atoms with van der Waals surface area (Å²) in [5.74, 6) is 0.961. The molecule has 0 fully saturated rings. The van der Waals surface area contributed by atoms with Gasteiger partial charge in [-0.3, -0.25) is 4.79 Å². The van der Waals surface area contributed by atoms with Crippen LogP contribution in [0.1, 0.15) is 54.9 Å². The van der Waals surface area contributed by atoms with Crippen molar-refractivity contribution in [3.8, 4) is 0 Å². The van der Waals surface area contributed by atoms with Crippen LogP contribution >= 0.6 is 47.3 Å². The zero-order chi connectivity index (χ0) is 15.5. The fourth-order valence-electron chi connectivity index (χ4n) is 2.02. The molecule has 0 heterocycles. The maximum Gasteiger partial charge on any atom is 0.237 e. The van der Waals surface area contributed by atoms with Gasteiger partial charge in [0.15, 0.2) is 0 Å². The molecule has 0 aliphatic heterocycles. The number of carbonyl (C=O) groups is 1. The SMILES string of the molecule is CC(C)(C)CC(C)(C)CSC(=S)SC(C)(C)C(=O)Cl. The first-order chi connectivity index (χ1) is 8.25. The van der Waals surface area contributed by atoms with Crippen LogP contribution in [0.2, 0.25) is 0 Å². The molecular weight excluding hydrogens is 316 g/mol. The van der Waals surface area contributed by atoms with E-state index < -0.39 is 4.75 Å². The Morgan fingerprint density at radius 1 is 1.11 bits per heavy atom. The van der Waals surface area contributed by atoms with Gasteiger partial charge >= 0.3 is 0 Å². The van der Waals surface area contributed by atoms with Crippen molar-refractivity contribution < 1.29 is 4.79 Å². The number of halogens is 1. The fourth-order valence-corrected chi connectivity index (χ4v) is 5.08. The molecule has 0 spiro atoms. The molecule has 0 aliphatic carbocycles. The Hall–Kier alpha value is 0.750. The molecule has 0 amide bonds. The van der Waals surface area contributed by atoms with Gasteiger partial charge in [-0.2, -0.15) is 0 Å². The molecule has 0 aromatic heterocycles. The summed E-state index contributed by atoms with van der Waals surface area (Å²) >= 11 is 13.9. The molecule has 0 atom stereocenters. The van der Waals surface area contributed by atoms with Crippen LogP contribution in [0.25, 0.3) is 0 Å². The lowest BCUT2D eigenvalue weighted by Gasteiger charge is -2.32. The van der Waals surface area contributed by atoms with Crippen LogP contribution in [0.5, 0.6) is 0 Å². The van der Waals surface area contributed by atoms with Gasteiger partial charge in [-0.1, -0.05) is 58.6 Å². The molecule has 0 rings (SSSR count). The van der Waals surface area contributed by atoms with E-state index in [1.165, 1.54) is 11.8 Å². The molecule has 19 heavy (non-hydrogen) atoms. The molecule has 112 valence electrons. The van der Waals surface area contributed by atoms with E-state index in [-0.39, 0.29) is 10.7 Å². The standard InChI is InChI=1S/C14H25ClOS3/c1-12(2,3)8-13(4,5)9-18-11(17)19-14(6,7)10(15)16/h8-9H2,1-7H3. The highest BCUT2D eigenvalue weighted by Crippen LogP contribution is 2.39. The third kappa shape index (κ3) is 9.33. The van der Waals surface area contributed by atoms with E-state index in [1.54, 1.807) is 25.6 Å². The van der Waals surface area contributed by atoms with Crippen LogP contribution < -0.4 is 0 Å². The lowest BCUT2D eigenvalue weighted by Crippen LogP contribution is -2.26. The second-order valence-corrected chi connectivity index (χ2v) is 11.5. The number of carbonyl (C=O) groups excluding carboxylic acids is 1. The summed E-state index contributed by atoms with van der Waals surface area (Å²) in [4.78, 5) is 11.3. The van der Waals surface area contributed by atoms with E-state index in [1.807, 2.05) is 0 Å². The van der Waals surface area contributed by atoms with Crippen LogP contribution in [0.4, 0.5) is 0 Å². The summed E-state index contributed by atoms with van der Waals surface area (Å²) in [5.41, 5.74) is 0.535. The summed E-state index contributed by atoms with van der Waals surface area (Å²) in [6, 6.07) is 0. The van der Waals surface area contributed by atoms with Gasteiger partial charge in [0.25, 0.3) is 0 Å². The van der Waals surface area contributed by atoms with Gasteiger partial charge in [-0.05, 0) is 42.7 Å². The number of hydrogen-bond donors (Lipinski definition) is 0.